The molecule has 0 bridgehead atoms. The smallest absolute Gasteiger partial charge is 0.261 e. The van der Waals surface area contributed by atoms with E-state index in [0.717, 1.165) is 22.6 Å². The van der Waals surface area contributed by atoms with E-state index in [1.807, 2.05) is 18.2 Å². The molecule has 2 aromatic rings. The number of para-hydroxylation sites is 1. The zero-order valence-electron chi connectivity index (χ0n) is 15.2. The third-order valence-electron chi connectivity index (χ3n) is 4.40. The molecule has 0 unspecified atom stereocenters. The Kier molecular flexibility index (Phi) is 7.05. The Hall–Kier alpha value is -2.39. The highest BCUT2D eigenvalue weighted by molar-refractivity contribution is 9.11. The van der Waals surface area contributed by atoms with Gasteiger partial charge < -0.3 is 20.4 Å². The van der Waals surface area contributed by atoms with Gasteiger partial charge in [0.25, 0.3) is 5.91 Å². The molecule has 28 heavy (non-hydrogen) atoms. The number of piperazine rings is 1. The molecular formula is C19H21BrN4O3S. The average Bonchev–Trinajstić information content (AvgIpc) is 3.17. The molecule has 3 amide bonds. The van der Waals surface area contributed by atoms with Crippen molar-refractivity contribution in [3.8, 4) is 0 Å². The number of nitrogens with zero attached hydrogens (tertiary/aromatic N) is 2. The summed E-state index contributed by atoms with van der Waals surface area (Å²) < 4.78 is 0.847. The van der Waals surface area contributed by atoms with Gasteiger partial charge in [-0.25, -0.2) is 0 Å². The number of nitrogens with one attached hydrogen (secondary N) is 2. The topological polar surface area (TPSA) is 81.8 Å². The number of hydrogen-bond donors (Lipinski definition) is 2. The Balaban J connectivity index is 1.36. The number of benzene rings is 1. The normalized spacial score (nSPS) is 13.9. The summed E-state index contributed by atoms with van der Waals surface area (Å²) in [6.45, 7) is 2.53. The van der Waals surface area contributed by atoms with Gasteiger partial charge in [-0.05, 0) is 40.2 Å². The standard InChI is InChI=1S/C19H21BrN4O3S/c20-16-7-6-15(28-16)19(27)22-12-17(25)21-13-18(26)24-10-8-23(9-11-24)14-4-2-1-3-5-14/h1-7H,8-13H2,(H,21,25)(H,22,27). The molecule has 2 N–H and O–H groups in total. The second-order valence-electron chi connectivity index (χ2n) is 6.27. The summed E-state index contributed by atoms with van der Waals surface area (Å²) in [4.78, 5) is 40.6. The largest absolute Gasteiger partial charge is 0.368 e. The molecular weight excluding hydrogens is 444 g/mol. The van der Waals surface area contributed by atoms with Gasteiger partial charge in [0, 0.05) is 31.9 Å². The van der Waals surface area contributed by atoms with Crippen LogP contribution in [0.2, 0.25) is 0 Å². The van der Waals surface area contributed by atoms with E-state index in [-0.39, 0.29) is 30.8 Å². The lowest BCUT2D eigenvalue weighted by atomic mass is 10.2. The molecule has 1 aromatic carbocycles. The van der Waals surface area contributed by atoms with Crippen molar-refractivity contribution < 1.29 is 14.4 Å². The predicted molar refractivity (Wildman–Crippen MR) is 113 cm³/mol. The maximum Gasteiger partial charge on any atom is 0.261 e. The summed E-state index contributed by atoms with van der Waals surface area (Å²) in [6, 6.07) is 13.5. The Morgan fingerprint density at radius 1 is 0.929 bits per heavy atom. The number of carbonyl (C=O) groups excluding carboxylic acids is 3. The van der Waals surface area contributed by atoms with E-state index in [9.17, 15) is 14.4 Å². The molecule has 1 saturated heterocycles. The fourth-order valence-electron chi connectivity index (χ4n) is 2.89. The van der Waals surface area contributed by atoms with Crippen molar-refractivity contribution >= 4 is 50.7 Å². The molecule has 0 radical (unpaired) electrons. The molecule has 1 aliphatic rings. The first-order chi connectivity index (χ1) is 13.5. The summed E-state index contributed by atoms with van der Waals surface area (Å²) in [6.07, 6.45) is 0. The van der Waals surface area contributed by atoms with Crippen molar-refractivity contribution in [1.82, 2.24) is 15.5 Å². The minimum absolute atomic E-state index is 0.0649. The molecule has 9 heteroatoms. The summed E-state index contributed by atoms with van der Waals surface area (Å²) in [5.41, 5.74) is 1.15. The van der Waals surface area contributed by atoms with Gasteiger partial charge in [0.2, 0.25) is 11.8 Å². The van der Waals surface area contributed by atoms with E-state index >= 15 is 0 Å². The Morgan fingerprint density at radius 3 is 2.29 bits per heavy atom. The summed E-state index contributed by atoms with van der Waals surface area (Å²) in [5.74, 6) is -0.816. The molecule has 148 valence electrons. The minimum atomic E-state index is -0.389. The van der Waals surface area contributed by atoms with E-state index in [1.54, 1.807) is 17.0 Å². The monoisotopic (exact) mass is 464 g/mol. The summed E-state index contributed by atoms with van der Waals surface area (Å²) in [7, 11) is 0. The van der Waals surface area contributed by atoms with Gasteiger partial charge in [-0.15, -0.1) is 11.3 Å². The number of thiophene rings is 1. The third-order valence-corrected chi connectivity index (χ3v) is 6.02. The predicted octanol–water partition coefficient (Wildman–Crippen LogP) is 1.71. The summed E-state index contributed by atoms with van der Waals surface area (Å²) in [5, 5.41) is 5.12. The number of hydrogen-bond acceptors (Lipinski definition) is 5. The van der Waals surface area contributed by atoms with Crippen LogP contribution in [0.5, 0.6) is 0 Å². The fourth-order valence-corrected chi connectivity index (χ4v) is 4.19. The van der Waals surface area contributed by atoms with Crippen LogP contribution in [0.15, 0.2) is 46.3 Å². The SMILES string of the molecule is O=C(CNC(=O)c1ccc(Br)s1)NCC(=O)N1CCN(c2ccccc2)CC1. The van der Waals surface area contributed by atoms with Crippen LogP contribution in [-0.2, 0) is 9.59 Å². The second kappa shape index (κ2) is 9.70. The summed E-state index contributed by atoms with van der Waals surface area (Å²) >= 11 is 4.58. The van der Waals surface area contributed by atoms with Gasteiger partial charge in [0.15, 0.2) is 0 Å². The van der Waals surface area contributed by atoms with Crippen LogP contribution in [0.4, 0.5) is 5.69 Å². The third kappa shape index (κ3) is 5.56. The lowest BCUT2D eigenvalue weighted by molar-refractivity contribution is -0.132. The van der Waals surface area contributed by atoms with Gasteiger partial charge in [-0.2, -0.15) is 0 Å². The lowest BCUT2D eigenvalue weighted by Crippen LogP contribution is -2.51. The van der Waals surface area contributed by atoms with Crippen molar-refractivity contribution in [2.24, 2.45) is 0 Å². The average molecular weight is 465 g/mol. The number of anilines is 1. The molecule has 0 saturated carbocycles. The lowest BCUT2D eigenvalue weighted by Gasteiger charge is -2.36. The highest BCUT2D eigenvalue weighted by Crippen LogP contribution is 2.21. The molecule has 1 fully saturated rings. The van der Waals surface area contributed by atoms with Crippen molar-refractivity contribution in [1.29, 1.82) is 0 Å². The number of amides is 3. The zero-order valence-corrected chi connectivity index (χ0v) is 17.6. The van der Waals surface area contributed by atoms with Crippen LogP contribution in [0, 0.1) is 0 Å². The van der Waals surface area contributed by atoms with Gasteiger partial charge >= 0.3 is 0 Å². The molecule has 0 aliphatic carbocycles. The van der Waals surface area contributed by atoms with Crippen molar-refractivity contribution in [2.75, 3.05) is 44.2 Å². The van der Waals surface area contributed by atoms with Gasteiger partial charge in [-0.3, -0.25) is 14.4 Å². The van der Waals surface area contributed by atoms with E-state index in [4.69, 9.17) is 0 Å². The molecule has 7 nitrogen and oxygen atoms in total. The zero-order chi connectivity index (χ0) is 19.9. The van der Waals surface area contributed by atoms with Crippen LogP contribution in [-0.4, -0.2) is 61.9 Å². The van der Waals surface area contributed by atoms with Gasteiger partial charge in [0.05, 0.1) is 21.8 Å². The maximum atomic E-state index is 12.3. The van der Waals surface area contributed by atoms with E-state index in [1.165, 1.54) is 11.3 Å². The van der Waals surface area contributed by atoms with Crippen LogP contribution in [0.3, 0.4) is 0 Å². The molecule has 3 rings (SSSR count). The molecule has 0 spiro atoms. The highest BCUT2D eigenvalue weighted by atomic mass is 79.9. The first-order valence-electron chi connectivity index (χ1n) is 8.91. The van der Waals surface area contributed by atoms with Crippen molar-refractivity contribution in [2.45, 2.75) is 0 Å². The first-order valence-corrected chi connectivity index (χ1v) is 10.5. The van der Waals surface area contributed by atoms with E-state index in [0.29, 0.717) is 18.0 Å². The van der Waals surface area contributed by atoms with Gasteiger partial charge in [-0.1, -0.05) is 18.2 Å². The molecule has 1 aliphatic heterocycles. The molecule has 1 aromatic heterocycles. The maximum absolute atomic E-state index is 12.3. The number of halogens is 1. The van der Waals surface area contributed by atoms with Crippen LogP contribution < -0.4 is 15.5 Å². The minimum Gasteiger partial charge on any atom is -0.368 e. The molecule has 0 atom stereocenters. The second-order valence-corrected chi connectivity index (χ2v) is 8.73. The van der Waals surface area contributed by atoms with E-state index < -0.39 is 0 Å². The van der Waals surface area contributed by atoms with Crippen LogP contribution in [0.1, 0.15) is 9.67 Å². The van der Waals surface area contributed by atoms with Crippen molar-refractivity contribution in [3.05, 3.63) is 51.1 Å². The molecule has 2 heterocycles. The van der Waals surface area contributed by atoms with Crippen LogP contribution in [0.25, 0.3) is 0 Å². The number of rotatable bonds is 6. The Bertz CT molecular complexity index is 835. The Morgan fingerprint density at radius 2 is 1.64 bits per heavy atom. The Labute approximate surface area is 175 Å². The van der Waals surface area contributed by atoms with Crippen molar-refractivity contribution in [3.63, 3.8) is 0 Å². The first kappa shape index (κ1) is 20.3. The highest BCUT2D eigenvalue weighted by Gasteiger charge is 2.21. The van der Waals surface area contributed by atoms with Gasteiger partial charge in [0.1, 0.15) is 0 Å². The quantitative estimate of drug-likeness (QED) is 0.681. The van der Waals surface area contributed by atoms with E-state index in [2.05, 4.69) is 43.6 Å². The fraction of sp³-hybridized carbons (Fsp3) is 0.316. The number of carbonyl (C=O) groups is 3. The van der Waals surface area contributed by atoms with Crippen LogP contribution >= 0.6 is 27.3 Å².